The van der Waals surface area contributed by atoms with Crippen molar-refractivity contribution in [3.05, 3.63) is 29.1 Å². The fourth-order valence-electron chi connectivity index (χ4n) is 1.60. The van der Waals surface area contributed by atoms with Crippen LogP contribution in [0.5, 0.6) is 0 Å². The number of hydrogen-bond acceptors (Lipinski definition) is 1. The van der Waals surface area contributed by atoms with Crippen molar-refractivity contribution >= 4 is 11.8 Å². The van der Waals surface area contributed by atoms with Crippen LogP contribution < -0.4 is 0 Å². The summed E-state index contributed by atoms with van der Waals surface area (Å²) in [6.07, 6.45) is 1.92. The molecule has 0 N–H and O–H groups in total. The zero-order chi connectivity index (χ0) is 10.0. The van der Waals surface area contributed by atoms with E-state index in [9.17, 15) is 4.39 Å². The predicted molar refractivity (Wildman–Crippen MR) is 57.0 cm³/mol. The molecule has 1 aromatic carbocycles. The third kappa shape index (κ3) is 2.05. The van der Waals surface area contributed by atoms with Crippen LogP contribution in [0.4, 0.5) is 4.39 Å². The number of halogens is 1. The Morgan fingerprint density at radius 2 is 1.92 bits per heavy atom. The maximum atomic E-state index is 13.4. The summed E-state index contributed by atoms with van der Waals surface area (Å²) in [6, 6.07) is 3.40. The second-order valence-corrected chi connectivity index (χ2v) is 4.28. The number of rotatable bonds is 2. The van der Waals surface area contributed by atoms with E-state index in [1.807, 2.05) is 19.2 Å². The van der Waals surface area contributed by atoms with Crippen LogP contribution in [0.2, 0.25) is 0 Å². The highest BCUT2D eigenvalue weighted by Gasteiger charge is 2.12. The molecule has 1 rings (SSSR count). The normalized spacial score (nSPS) is 10.9. The molecule has 0 fully saturated rings. The third-order valence-electron chi connectivity index (χ3n) is 2.15. The monoisotopic (exact) mass is 198 g/mol. The van der Waals surface area contributed by atoms with Crippen LogP contribution in [0.1, 0.15) is 30.9 Å². The van der Waals surface area contributed by atoms with Crippen LogP contribution in [0.3, 0.4) is 0 Å². The van der Waals surface area contributed by atoms with Crippen molar-refractivity contribution in [2.45, 2.75) is 31.6 Å². The Hall–Kier alpha value is -0.500. The molecule has 72 valence electrons. The van der Waals surface area contributed by atoms with Crippen molar-refractivity contribution < 1.29 is 4.39 Å². The summed E-state index contributed by atoms with van der Waals surface area (Å²) in [5.41, 5.74) is 2.33. The van der Waals surface area contributed by atoms with Gasteiger partial charge in [0.1, 0.15) is 5.82 Å². The zero-order valence-corrected chi connectivity index (χ0v) is 9.33. The van der Waals surface area contributed by atoms with E-state index >= 15 is 0 Å². The fraction of sp³-hybridized carbons (Fsp3) is 0.455. The number of aryl methyl sites for hydroxylation is 1. The summed E-state index contributed by atoms with van der Waals surface area (Å²) in [4.78, 5) is 0.801. The van der Waals surface area contributed by atoms with Crippen molar-refractivity contribution in [2.24, 2.45) is 0 Å². The van der Waals surface area contributed by atoms with Gasteiger partial charge in [0.15, 0.2) is 0 Å². The quantitative estimate of drug-likeness (QED) is 0.648. The molecule has 1 aromatic rings. The fourth-order valence-corrected chi connectivity index (χ4v) is 2.48. The van der Waals surface area contributed by atoms with Crippen molar-refractivity contribution in [3.8, 4) is 0 Å². The SMILES string of the molecule is CSc1c(F)ccc(C)c1C(C)C. The Labute approximate surface area is 83.5 Å². The molecule has 0 saturated heterocycles. The van der Waals surface area contributed by atoms with Gasteiger partial charge in [0.25, 0.3) is 0 Å². The molecule has 13 heavy (non-hydrogen) atoms. The van der Waals surface area contributed by atoms with E-state index in [0.29, 0.717) is 5.92 Å². The molecule has 0 unspecified atom stereocenters. The number of thioether (sulfide) groups is 1. The minimum atomic E-state index is -0.0956. The van der Waals surface area contributed by atoms with Gasteiger partial charge in [-0.15, -0.1) is 11.8 Å². The van der Waals surface area contributed by atoms with Gasteiger partial charge in [-0.1, -0.05) is 19.9 Å². The molecule has 2 heteroatoms. The first-order valence-electron chi connectivity index (χ1n) is 4.41. The van der Waals surface area contributed by atoms with Gasteiger partial charge < -0.3 is 0 Å². The van der Waals surface area contributed by atoms with Gasteiger partial charge in [-0.25, -0.2) is 4.39 Å². The van der Waals surface area contributed by atoms with E-state index in [4.69, 9.17) is 0 Å². The van der Waals surface area contributed by atoms with Crippen LogP contribution in [0.15, 0.2) is 17.0 Å². The lowest BCUT2D eigenvalue weighted by molar-refractivity contribution is 0.592. The Morgan fingerprint density at radius 1 is 1.31 bits per heavy atom. The standard InChI is InChI=1S/C11H15FS/c1-7(2)10-8(3)5-6-9(12)11(10)13-4/h5-7H,1-4H3. The van der Waals surface area contributed by atoms with Crippen LogP contribution in [-0.2, 0) is 0 Å². The van der Waals surface area contributed by atoms with Gasteiger partial charge in [-0.3, -0.25) is 0 Å². The second-order valence-electron chi connectivity index (χ2n) is 3.47. The third-order valence-corrected chi connectivity index (χ3v) is 2.97. The maximum absolute atomic E-state index is 13.4. The summed E-state index contributed by atoms with van der Waals surface area (Å²) in [6.45, 7) is 6.23. The molecule has 0 amide bonds. The van der Waals surface area contributed by atoms with Crippen molar-refractivity contribution in [1.82, 2.24) is 0 Å². The van der Waals surface area contributed by atoms with E-state index in [1.54, 1.807) is 6.07 Å². The lowest BCUT2D eigenvalue weighted by Gasteiger charge is -2.14. The van der Waals surface area contributed by atoms with Gasteiger partial charge >= 0.3 is 0 Å². The molecule has 0 aromatic heterocycles. The Kier molecular flexibility index (Phi) is 3.37. The van der Waals surface area contributed by atoms with Crippen LogP contribution in [0.25, 0.3) is 0 Å². The minimum absolute atomic E-state index is 0.0956. The van der Waals surface area contributed by atoms with E-state index in [-0.39, 0.29) is 5.82 Å². The Morgan fingerprint density at radius 3 is 2.31 bits per heavy atom. The highest BCUT2D eigenvalue weighted by molar-refractivity contribution is 7.98. The molecule has 0 spiro atoms. The predicted octanol–water partition coefficient (Wildman–Crippen LogP) is 3.98. The van der Waals surface area contributed by atoms with Crippen molar-refractivity contribution in [3.63, 3.8) is 0 Å². The molecule has 0 atom stereocenters. The first-order chi connectivity index (χ1) is 6.07. The van der Waals surface area contributed by atoms with E-state index in [0.717, 1.165) is 10.5 Å². The molecule has 0 aliphatic rings. The first-order valence-corrected chi connectivity index (χ1v) is 5.63. The Balaban J connectivity index is 3.35. The topological polar surface area (TPSA) is 0 Å². The van der Waals surface area contributed by atoms with E-state index in [1.165, 1.54) is 17.3 Å². The average molecular weight is 198 g/mol. The summed E-state index contributed by atoms with van der Waals surface area (Å²) in [7, 11) is 0. The molecular weight excluding hydrogens is 183 g/mol. The highest BCUT2D eigenvalue weighted by atomic mass is 32.2. The van der Waals surface area contributed by atoms with Crippen LogP contribution in [-0.4, -0.2) is 6.26 Å². The molecule has 0 aliphatic heterocycles. The largest absolute Gasteiger partial charge is 0.206 e. The number of benzene rings is 1. The van der Waals surface area contributed by atoms with E-state index < -0.39 is 0 Å². The molecule has 0 saturated carbocycles. The van der Waals surface area contributed by atoms with Crippen LogP contribution >= 0.6 is 11.8 Å². The summed E-state index contributed by atoms with van der Waals surface area (Å²) >= 11 is 1.49. The first kappa shape index (κ1) is 10.6. The smallest absolute Gasteiger partial charge is 0.137 e. The molecule has 0 heterocycles. The molecule has 0 bridgehead atoms. The highest BCUT2D eigenvalue weighted by Crippen LogP contribution is 2.31. The summed E-state index contributed by atoms with van der Waals surface area (Å²) in [5.74, 6) is 0.292. The summed E-state index contributed by atoms with van der Waals surface area (Å²) < 4.78 is 13.4. The maximum Gasteiger partial charge on any atom is 0.137 e. The molecule has 0 nitrogen and oxygen atoms in total. The van der Waals surface area contributed by atoms with E-state index in [2.05, 4.69) is 13.8 Å². The van der Waals surface area contributed by atoms with Crippen molar-refractivity contribution in [1.29, 1.82) is 0 Å². The van der Waals surface area contributed by atoms with Gasteiger partial charge in [-0.05, 0) is 36.3 Å². The average Bonchev–Trinajstić information content (AvgIpc) is 2.07. The minimum Gasteiger partial charge on any atom is -0.206 e. The lowest BCUT2D eigenvalue weighted by Crippen LogP contribution is -1.97. The Bertz CT molecular complexity index is 305. The second kappa shape index (κ2) is 4.14. The van der Waals surface area contributed by atoms with Gasteiger partial charge in [0.2, 0.25) is 0 Å². The molecular formula is C11H15FS. The summed E-state index contributed by atoms with van der Waals surface area (Å²) in [5, 5.41) is 0. The zero-order valence-electron chi connectivity index (χ0n) is 8.52. The molecule has 0 aliphatic carbocycles. The van der Waals surface area contributed by atoms with Gasteiger partial charge in [0, 0.05) is 4.90 Å². The van der Waals surface area contributed by atoms with Gasteiger partial charge in [-0.2, -0.15) is 0 Å². The van der Waals surface area contributed by atoms with Crippen molar-refractivity contribution in [2.75, 3.05) is 6.26 Å². The van der Waals surface area contributed by atoms with Gasteiger partial charge in [0.05, 0.1) is 0 Å². The molecule has 0 radical (unpaired) electrons. The number of hydrogen-bond donors (Lipinski definition) is 0. The lowest BCUT2D eigenvalue weighted by atomic mass is 9.98. The van der Waals surface area contributed by atoms with Crippen LogP contribution in [0, 0.1) is 12.7 Å².